The van der Waals surface area contributed by atoms with Crippen molar-refractivity contribution < 1.29 is 24.1 Å². The number of benzene rings is 1. The van der Waals surface area contributed by atoms with Crippen LogP contribution in [-0.2, 0) is 16.0 Å². The molecule has 2 atom stereocenters. The van der Waals surface area contributed by atoms with Gasteiger partial charge in [0.1, 0.15) is 24.7 Å². The minimum absolute atomic E-state index is 0.0591. The second-order valence-corrected chi connectivity index (χ2v) is 9.67. The van der Waals surface area contributed by atoms with Crippen LogP contribution in [-0.4, -0.2) is 79.5 Å². The molecule has 8 heteroatoms. The van der Waals surface area contributed by atoms with Gasteiger partial charge in [0.25, 0.3) is 0 Å². The fourth-order valence-corrected chi connectivity index (χ4v) is 5.27. The molecule has 2 heterocycles. The Kier molecular flexibility index (Phi) is 8.46. The molecule has 0 spiro atoms. The molecule has 2 aliphatic rings. The van der Waals surface area contributed by atoms with Gasteiger partial charge in [-0.25, -0.2) is 0 Å². The predicted molar refractivity (Wildman–Crippen MR) is 131 cm³/mol. The van der Waals surface area contributed by atoms with Crippen molar-refractivity contribution in [1.82, 2.24) is 9.80 Å². The van der Waals surface area contributed by atoms with Gasteiger partial charge in [-0.1, -0.05) is 5.92 Å². The third-order valence-corrected chi connectivity index (χ3v) is 7.22. The van der Waals surface area contributed by atoms with Crippen molar-refractivity contribution in [1.29, 1.82) is 0 Å². The highest BCUT2D eigenvalue weighted by atomic mass is 32.1. The smallest absolute Gasteiger partial charge is 0.237 e. The monoisotopic (exact) mass is 484 g/mol. The first-order valence-electron chi connectivity index (χ1n) is 11.6. The molecular weight excluding hydrogens is 452 g/mol. The lowest BCUT2D eigenvalue weighted by Crippen LogP contribution is -2.48. The summed E-state index contributed by atoms with van der Waals surface area (Å²) in [5.41, 5.74) is 1.17. The summed E-state index contributed by atoms with van der Waals surface area (Å²) in [7, 11) is 1.63. The van der Waals surface area contributed by atoms with Gasteiger partial charge in [0.15, 0.2) is 0 Å². The number of carbonyl (C=O) groups excluding carboxylic acids is 1. The SMILES string of the molecule is C#CCOC[C@H](O)CN(CC(=O)N1CCc2sccc2[C@H]1COc1ccc(OC)cc1)C1CC1. The number of terminal acetylenes is 1. The second kappa shape index (κ2) is 11.7. The number of hydrogen-bond acceptors (Lipinski definition) is 7. The molecule has 0 radical (unpaired) electrons. The van der Waals surface area contributed by atoms with Crippen molar-refractivity contribution in [2.45, 2.75) is 37.5 Å². The van der Waals surface area contributed by atoms with Crippen LogP contribution in [0.3, 0.4) is 0 Å². The van der Waals surface area contributed by atoms with E-state index < -0.39 is 6.10 Å². The highest BCUT2D eigenvalue weighted by molar-refractivity contribution is 7.10. The summed E-state index contributed by atoms with van der Waals surface area (Å²) in [6.45, 7) is 2.05. The molecule has 1 aliphatic carbocycles. The van der Waals surface area contributed by atoms with E-state index >= 15 is 0 Å². The third-order valence-electron chi connectivity index (χ3n) is 6.23. The zero-order valence-corrected chi connectivity index (χ0v) is 20.3. The third kappa shape index (κ3) is 6.30. The molecule has 0 unspecified atom stereocenters. The number of methoxy groups -OCH3 is 1. The Bertz CT molecular complexity index is 982. The van der Waals surface area contributed by atoms with Crippen molar-refractivity contribution in [2.75, 3.05) is 46.6 Å². The lowest BCUT2D eigenvalue weighted by molar-refractivity contribution is -0.136. The Morgan fingerprint density at radius 2 is 2.06 bits per heavy atom. The van der Waals surface area contributed by atoms with E-state index in [4.69, 9.17) is 20.6 Å². The Labute approximate surface area is 205 Å². The van der Waals surface area contributed by atoms with E-state index in [-0.39, 0.29) is 31.7 Å². The Morgan fingerprint density at radius 1 is 1.29 bits per heavy atom. The summed E-state index contributed by atoms with van der Waals surface area (Å²) in [4.78, 5) is 18.8. The average Bonchev–Trinajstić information content (AvgIpc) is 3.59. The molecule has 1 aromatic heterocycles. The van der Waals surface area contributed by atoms with Crippen LogP contribution in [0.15, 0.2) is 35.7 Å². The molecule has 1 saturated carbocycles. The largest absolute Gasteiger partial charge is 0.497 e. The first-order valence-corrected chi connectivity index (χ1v) is 12.5. The number of fused-ring (bicyclic) bond motifs is 1. The van der Waals surface area contributed by atoms with Crippen molar-refractivity contribution in [2.24, 2.45) is 0 Å². The summed E-state index contributed by atoms with van der Waals surface area (Å²) in [6.07, 6.45) is 7.47. The van der Waals surface area contributed by atoms with Crippen molar-refractivity contribution in [3.8, 4) is 23.8 Å². The number of rotatable bonds is 12. The number of aliphatic hydroxyl groups excluding tert-OH is 1. The fraction of sp³-hybridized carbons (Fsp3) is 0.500. The van der Waals surface area contributed by atoms with E-state index in [9.17, 15) is 9.90 Å². The number of ether oxygens (including phenoxy) is 3. The van der Waals surface area contributed by atoms with Crippen LogP contribution in [0.5, 0.6) is 11.5 Å². The minimum atomic E-state index is -0.680. The molecule has 4 rings (SSSR count). The van der Waals surface area contributed by atoms with Gasteiger partial charge in [-0.2, -0.15) is 0 Å². The van der Waals surface area contributed by atoms with Crippen molar-refractivity contribution >= 4 is 17.2 Å². The topological polar surface area (TPSA) is 71.5 Å². The highest BCUT2D eigenvalue weighted by Crippen LogP contribution is 2.35. The van der Waals surface area contributed by atoms with Gasteiger partial charge in [0.05, 0.1) is 32.4 Å². The molecule has 182 valence electrons. The molecule has 1 aliphatic heterocycles. The van der Waals surface area contributed by atoms with E-state index in [2.05, 4.69) is 22.3 Å². The van der Waals surface area contributed by atoms with Gasteiger partial charge < -0.3 is 24.2 Å². The number of nitrogens with zero attached hydrogens (tertiary/aromatic N) is 2. The molecule has 7 nitrogen and oxygen atoms in total. The van der Waals surface area contributed by atoms with Gasteiger partial charge in [-0.3, -0.25) is 9.69 Å². The van der Waals surface area contributed by atoms with Crippen LogP contribution in [0.25, 0.3) is 0 Å². The first kappa shape index (κ1) is 24.6. The number of thiophene rings is 1. The number of aliphatic hydroxyl groups is 1. The average molecular weight is 485 g/mol. The van der Waals surface area contributed by atoms with Crippen LogP contribution >= 0.6 is 11.3 Å². The van der Waals surface area contributed by atoms with E-state index in [0.29, 0.717) is 25.7 Å². The normalized spacial score (nSPS) is 18.3. The first-order chi connectivity index (χ1) is 16.6. The molecule has 0 saturated heterocycles. The lowest BCUT2D eigenvalue weighted by Gasteiger charge is -2.37. The van der Waals surface area contributed by atoms with Crippen LogP contribution in [0.2, 0.25) is 0 Å². The molecule has 34 heavy (non-hydrogen) atoms. The maximum absolute atomic E-state index is 13.5. The van der Waals surface area contributed by atoms with Crippen molar-refractivity contribution in [3.63, 3.8) is 0 Å². The molecule has 1 aromatic carbocycles. The predicted octanol–water partition coefficient (Wildman–Crippen LogP) is 2.74. The minimum Gasteiger partial charge on any atom is -0.497 e. The number of amides is 1. The summed E-state index contributed by atoms with van der Waals surface area (Å²) in [5, 5.41) is 12.4. The van der Waals surface area contributed by atoms with Crippen LogP contribution < -0.4 is 9.47 Å². The Balaban J connectivity index is 1.41. The summed E-state index contributed by atoms with van der Waals surface area (Å²) < 4.78 is 16.6. The molecular formula is C26H32N2O5S. The highest BCUT2D eigenvalue weighted by Gasteiger charge is 2.36. The molecule has 1 N–H and O–H groups in total. The Morgan fingerprint density at radius 3 is 2.76 bits per heavy atom. The molecule has 0 bridgehead atoms. The summed E-state index contributed by atoms with van der Waals surface area (Å²) >= 11 is 1.73. The van der Waals surface area contributed by atoms with E-state index in [1.165, 1.54) is 10.4 Å². The summed E-state index contributed by atoms with van der Waals surface area (Å²) in [6, 6.07) is 9.77. The standard InChI is InChI=1S/C26H32N2O5S/c1-3-13-32-17-20(29)15-27(19-4-5-19)16-26(30)28-12-10-25-23(11-14-34-25)24(28)18-33-22-8-6-21(31-2)7-9-22/h1,6-9,11,14,19-20,24,29H,4-5,10,12-13,15-18H2,2H3/t20-,24-/m1/s1. The molecule has 1 fully saturated rings. The van der Waals surface area contributed by atoms with E-state index in [1.807, 2.05) is 29.2 Å². The summed E-state index contributed by atoms with van der Waals surface area (Å²) in [5.74, 6) is 3.97. The van der Waals surface area contributed by atoms with Crippen LogP contribution in [0, 0.1) is 12.3 Å². The van der Waals surface area contributed by atoms with Gasteiger partial charge in [0.2, 0.25) is 5.91 Å². The maximum Gasteiger partial charge on any atom is 0.237 e. The van der Waals surface area contributed by atoms with Gasteiger partial charge >= 0.3 is 0 Å². The van der Waals surface area contributed by atoms with Gasteiger partial charge in [0, 0.05) is 24.0 Å². The van der Waals surface area contributed by atoms with Gasteiger partial charge in [-0.05, 0) is 60.5 Å². The zero-order chi connectivity index (χ0) is 23.9. The Hall–Kier alpha value is -2.57. The maximum atomic E-state index is 13.5. The lowest BCUT2D eigenvalue weighted by atomic mass is 10.0. The molecule has 1 amide bonds. The molecule has 2 aromatic rings. The van der Waals surface area contributed by atoms with E-state index in [0.717, 1.165) is 30.8 Å². The fourth-order valence-electron chi connectivity index (χ4n) is 4.35. The zero-order valence-electron chi connectivity index (χ0n) is 19.5. The number of hydrogen-bond donors (Lipinski definition) is 1. The van der Waals surface area contributed by atoms with Crippen LogP contribution in [0.1, 0.15) is 29.3 Å². The second-order valence-electron chi connectivity index (χ2n) is 8.67. The van der Waals surface area contributed by atoms with Crippen molar-refractivity contribution in [3.05, 3.63) is 46.2 Å². The quantitative estimate of drug-likeness (QED) is 0.369. The number of carbonyl (C=O) groups is 1. The van der Waals surface area contributed by atoms with Crippen LogP contribution in [0.4, 0.5) is 0 Å². The van der Waals surface area contributed by atoms with Gasteiger partial charge in [-0.15, -0.1) is 17.8 Å². The van der Waals surface area contributed by atoms with E-state index in [1.54, 1.807) is 18.4 Å².